The van der Waals surface area contributed by atoms with Crippen LogP contribution in [0, 0.1) is 0 Å². The maximum atomic E-state index is 2.48. The van der Waals surface area contributed by atoms with Gasteiger partial charge in [0, 0.05) is 22.4 Å². The van der Waals surface area contributed by atoms with Crippen LogP contribution >= 0.6 is 0 Å². The van der Waals surface area contributed by atoms with Crippen molar-refractivity contribution in [1.29, 1.82) is 0 Å². The zero-order valence-electron chi connectivity index (χ0n) is 30.5. The van der Waals surface area contributed by atoms with Gasteiger partial charge in [-0.1, -0.05) is 172 Å². The number of hydrogen-bond donors (Lipinski definition) is 0. The Labute approximate surface area is 317 Å². The fourth-order valence-corrected chi connectivity index (χ4v) is 8.66. The number of hydrogen-bond acceptors (Lipinski definition) is 1. The van der Waals surface area contributed by atoms with E-state index in [1.165, 1.54) is 77.2 Å². The Hall–Kier alpha value is -6.70. The smallest absolute Gasteiger partial charge is 0.0546 e. The fourth-order valence-electron chi connectivity index (χ4n) is 8.66. The summed E-state index contributed by atoms with van der Waals surface area (Å²) in [5.74, 6) is 0. The molecule has 0 radical (unpaired) electrons. The number of anilines is 3. The normalized spacial score (nSPS) is 12.8. The molecule has 1 aliphatic carbocycles. The quantitative estimate of drug-likeness (QED) is 0.168. The first-order valence-corrected chi connectivity index (χ1v) is 18.8. The summed E-state index contributed by atoms with van der Waals surface area (Å²) in [6.45, 7) is 4.72. The van der Waals surface area contributed by atoms with Crippen molar-refractivity contribution in [2.45, 2.75) is 19.3 Å². The largest absolute Gasteiger partial charge is 0.310 e. The molecule has 0 unspecified atom stereocenters. The minimum Gasteiger partial charge on any atom is -0.310 e. The van der Waals surface area contributed by atoms with Crippen molar-refractivity contribution < 1.29 is 0 Å². The number of nitrogens with zero attached hydrogens (tertiary/aromatic N) is 1. The molecule has 256 valence electrons. The van der Waals surface area contributed by atoms with Gasteiger partial charge in [0.15, 0.2) is 0 Å². The van der Waals surface area contributed by atoms with Crippen LogP contribution in [0.2, 0.25) is 0 Å². The maximum Gasteiger partial charge on any atom is 0.0546 e. The van der Waals surface area contributed by atoms with Crippen molar-refractivity contribution in [3.63, 3.8) is 0 Å². The Kier molecular flexibility index (Phi) is 7.56. The van der Waals surface area contributed by atoms with Crippen LogP contribution in [0.25, 0.3) is 66.1 Å². The molecule has 0 amide bonds. The summed E-state index contributed by atoms with van der Waals surface area (Å²) in [6, 6.07) is 73.6. The lowest BCUT2D eigenvalue weighted by molar-refractivity contribution is 0.660. The third-order valence-corrected chi connectivity index (χ3v) is 11.4. The van der Waals surface area contributed by atoms with Crippen molar-refractivity contribution >= 4 is 38.6 Å². The molecule has 9 aromatic rings. The standard InChI is InChI=1S/C53H39N/c1-53(2)49-21-11-10-19-47(49)48-32-31-45(35-50(48)53)54(44-29-27-39(28-30-44)36-13-4-3-5-14-36)51-22-12-20-46(42-25-23-37-15-6-8-17-40(37)33-42)52(51)43-26-24-38-16-7-9-18-41(38)34-43/h3-35H,1-2H3. The van der Waals surface area contributed by atoms with Crippen LogP contribution in [0.15, 0.2) is 200 Å². The van der Waals surface area contributed by atoms with Gasteiger partial charge in [0.25, 0.3) is 0 Å². The van der Waals surface area contributed by atoms with Crippen LogP contribution in [0.5, 0.6) is 0 Å². The Morgan fingerprint density at radius 3 is 1.61 bits per heavy atom. The molecule has 1 heteroatoms. The van der Waals surface area contributed by atoms with E-state index in [-0.39, 0.29) is 5.41 Å². The fraction of sp³-hybridized carbons (Fsp3) is 0.0566. The van der Waals surface area contributed by atoms with Gasteiger partial charge in [0.1, 0.15) is 0 Å². The minimum atomic E-state index is -0.126. The van der Waals surface area contributed by atoms with E-state index in [1.807, 2.05) is 0 Å². The summed E-state index contributed by atoms with van der Waals surface area (Å²) in [4.78, 5) is 2.48. The Morgan fingerprint density at radius 1 is 0.333 bits per heavy atom. The molecule has 1 nitrogen and oxygen atoms in total. The highest BCUT2D eigenvalue weighted by atomic mass is 15.1. The first-order valence-electron chi connectivity index (χ1n) is 18.8. The van der Waals surface area contributed by atoms with Gasteiger partial charge in [-0.15, -0.1) is 0 Å². The van der Waals surface area contributed by atoms with Crippen LogP contribution in [0.1, 0.15) is 25.0 Å². The van der Waals surface area contributed by atoms with E-state index in [1.54, 1.807) is 0 Å². The van der Waals surface area contributed by atoms with Crippen molar-refractivity contribution in [3.05, 3.63) is 211 Å². The SMILES string of the molecule is CC1(C)c2ccccc2-c2ccc(N(c3ccc(-c4ccccc4)cc3)c3cccc(-c4ccc5ccccc5c4)c3-c3ccc4ccccc4c3)cc21. The van der Waals surface area contributed by atoms with Gasteiger partial charge in [-0.3, -0.25) is 0 Å². The highest BCUT2D eigenvalue weighted by molar-refractivity contribution is 6.01. The van der Waals surface area contributed by atoms with Gasteiger partial charge in [-0.25, -0.2) is 0 Å². The summed E-state index contributed by atoms with van der Waals surface area (Å²) in [6.07, 6.45) is 0. The molecular formula is C53H39N. The molecule has 0 aliphatic heterocycles. The molecule has 0 heterocycles. The average molecular weight is 690 g/mol. The molecule has 0 N–H and O–H groups in total. The van der Waals surface area contributed by atoms with E-state index in [0.29, 0.717) is 0 Å². The molecule has 54 heavy (non-hydrogen) atoms. The van der Waals surface area contributed by atoms with Crippen LogP contribution in [-0.2, 0) is 5.41 Å². The Morgan fingerprint density at radius 2 is 0.870 bits per heavy atom. The van der Waals surface area contributed by atoms with Crippen LogP contribution < -0.4 is 4.90 Å². The third kappa shape index (κ3) is 5.32. The third-order valence-electron chi connectivity index (χ3n) is 11.4. The molecule has 9 aromatic carbocycles. The van der Waals surface area contributed by atoms with Crippen molar-refractivity contribution in [2.75, 3.05) is 4.90 Å². The number of fused-ring (bicyclic) bond motifs is 5. The maximum absolute atomic E-state index is 2.48. The van der Waals surface area contributed by atoms with Crippen LogP contribution in [-0.4, -0.2) is 0 Å². The highest BCUT2D eigenvalue weighted by Crippen LogP contribution is 2.52. The predicted octanol–water partition coefficient (Wildman–Crippen LogP) is 14.8. The van der Waals surface area contributed by atoms with Crippen LogP contribution in [0.3, 0.4) is 0 Å². The number of rotatable bonds is 6. The zero-order chi connectivity index (χ0) is 36.2. The van der Waals surface area contributed by atoms with E-state index in [4.69, 9.17) is 0 Å². The first-order chi connectivity index (χ1) is 26.5. The predicted molar refractivity (Wildman–Crippen MR) is 230 cm³/mol. The van der Waals surface area contributed by atoms with E-state index in [9.17, 15) is 0 Å². The van der Waals surface area contributed by atoms with Gasteiger partial charge >= 0.3 is 0 Å². The average Bonchev–Trinajstić information content (AvgIpc) is 3.46. The molecule has 0 saturated carbocycles. The topological polar surface area (TPSA) is 3.24 Å². The van der Waals surface area contributed by atoms with E-state index in [0.717, 1.165) is 17.1 Å². The monoisotopic (exact) mass is 689 g/mol. The summed E-state index contributed by atoms with van der Waals surface area (Å²) < 4.78 is 0. The molecule has 1 aliphatic rings. The molecule has 10 rings (SSSR count). The second kappa shape index (κ2) is 12.8. The second-order valence-corrected chi connectivity index (χ2v) is 15.0. The highest BCUT2D eigenvalue weighted by Gasteiger charge is 2.36. The molecule has 0 atom stereocenters. The van der Waals surface area contributed by atoms with E-state index >= 15 is 0 Å². The lowest BCUT2D eigenvalue weighted by Crippen LogP contribution is -2.17. The van der Waals surface area contributed by atoms with Crippen molar-refractivity contribution in [3.8, 4) is 44.5 Å². The molecular weight excluding hydrogens is 651 g/mol. The lowest BCUT2D eigenvalue weighted by Gasteiger charge is -2.31. The summed E-state index contributed by atoms with van der Waals surface area (Å²) in [5, 5.41) is 4.94. The summed E-state index contributed by atoms with van der Waals surface area (Å²) in [7, 11) is 0. The molecule has 0 fully saturated rings. The van der Waals surface area contributed by atoms with Gasteiger partial charge < -0.3 is 4.90 Å². The molecule has 0 saturated heterocycles. The lowest BCUT2D eigenvalue weighted by atomic mass is 9.82. The molecule has 0 aromatic heterocycles. The Bertz CT molecular complexity index is 2850. The number of benzene rings is 9. The molecule has 0 bridgehead atoms. The zero-order valence-corrected chi connectivity index (χ0v) is 30.5. The van der Waals surface area contributed by atoms with Crippen LogP contribution in [0.4, 0.5) is 17.1 Å². The van der Waals surface area contributed by atoms with Gasteiger partial charge in [0.05, 0.1) is 5.69 Å². The Balaban J connectivity index is 1.24. The second-order valence-electron chi connectivity index (χ2n) is 15.0. The van der Waals surface area contributed by atoms with Crippen molar-refractivity contribution in [1.82, 2.24) is 0 Å². The minimum absolute atomic E-state index is 0.126. The van der Waals surface area contributed by atoms with E-state index in [2.05, 4.69) is 219 Å². The first kappa shape index (κ1) is 32.0. The molecule has 0 spiro atoms. The summed E-state index contributed by atoms with van der Waals surface area (Å²) in [5.41, 5.74) is 15.8. The van der Waals surface area contributed by atoms with E-state index < -0.39 is 0 Å². The van der Waals surface area contributed by atoms with Gasteiger partial charge in [0.2, 0.25) is 0 Å². The van der Waals surface area contributed by atoms with Crippen molar-refractivity contribution in [2.24, 2.45) is 0 Å². The summed E-state index contributed by atoms with van der Waals surface area (Å²) >= 11 is 0. The van der Waals surface area contributed by atoms with Gasteiger partial charge in [-0.05, 0) is 114 Å². The van der Waals surface area contributed by atoms with Gasteiger partial charge in [-0.2, -0.15) is 0 Å².